The molecule has 0 heterocycles. The fraction of sp³-hybridized carbons (Fsp3) is 0.500. The maximum atomic E-state index is 12.8. The SMILES string of the molecule is CC(=O)C(CCCCCCO)NC(=O)c1ccc(F)cc1. The Bertz CT molecular complexity index is 459. The second-order valence-electron chi connectivity index (χ2n) is 5.07. The maximum absolute atomic E-state index is 12.8. The second-order valence-corrected chi connectivity index (χ2v) is 5.07. The zero-order valence-electron chi connectivity index (χ0n) is 12.3. The van der Waals surface area contributed by atoms with E-state index < -0.39 is 11.9 Å². The van der Waals surface area contributed by atoms with Crippen LogP contribution in [-0.4, -0.2) is 29.4 Å². The van der Waals surface area contributed by atoms with E-state index in [1.54, 1.807) is 0 Å². The number of aliphatic hydroxyl groups is 1. The summed E-state index contributed by atoms with van der Waals surface area (Å²) >= 11 is 0. The van der Waals surface area contributed by atoms with E-state index in [-0.39, 0.29) is 18.3 Å². The van der Waals surface area contributed by atoms with Crippen LogP contribution in [0.4, 0.5) is 4.39 Å². The smallest absolute Gasteiger partial charge is 0.251 e. The molecule has 0 fully saturated rings. The summed E-state index contributed by atoms with van der Waals surface area (Å²) in [5.41, 5.74) is 0.336. The number of carbonyl (C=O) groups excluding carboxylic acids is 2. The van der Waals surface area contributed by atoms with Crippen LogP contribution in [-0.2, 0) is 4.79 Å². The summed E-state index contributed by atoms with van der Waals surface area (Å²) < 4.78 is 12.8. The zero-order chi connectivity index (χ0) is 15.7. The number of ketones is 1. The Kier molecular flexibility index (Phi) is 7.61. The van der Waals surface area contributed by atoms with Gasteiger partial charge in [0.15, 0.2) is 5.78 Å². The van der Waals surface area contributed by atoms with E-state index in [9.17, 15) is 14.0 Å². The first kappa shape index (κ1) is 17.3. The van der Waals surface area contributed by atoms with Gasteiger partial charge in [-0.25, -0.2) is 4.39 Å². The average Bonchev–Trinajstić information content (AvgIpc) is 2.46. The Labute approximate surface area is 124 Å². The third-order valence-electron chi connectivity index (χ3n) is 3.30. The van der Waals surface area contributed by atoms with Crippen LogP contribution in [0.2, 0.25) is 0 Å². The molecule has 0 bridgehead atoms. The summed E-state index contributed by atoms with van der Waals surface area (Å²) in [7, 11) is 0. The highest BCUT2D eigenvalue weighted by atomic mass is 19.1. The van der Waals surface area contributed by atoms with Gasteiger partial charge in [-0.1, -0.05) is 19.3 Å². The molecule has 0 spiro atoms. The van der Waals surface area contributed by atoms with E-state index in [1.165, 1.54) is 31.2 Å². The molecule has 4 nitrogen and oxygen atoms in total. The quantitative estimate of drug-likeness (QED) is 0.688. The summed E-state index contributed by atoms with van der Waals surface area (Å²) in [5.74, 6) is -0.864. The fourth-order valence-electron chi connectivity index (χ4n) is 2.03. The number of carbonyl (C=O) groups is 2. The van der Waals surface area contributed by atoms with Crippen molar-refractivity contribution in [3.05, 3.63) is 35.6 Å². The summed E-state index contributed by atoms with van der Waals surface area (Å²) in [6, 6.07) is 4.70. The van der Waals surface area contributed by atoms with Crippen LogP contribution >= 0.6 is 0 Å². The van der Waals surface area contributed by atoms with Crippen molar-refractivity contribution in [3.8, 4) is 0 Å². The zero-order valence-corrected chi connectivity index (χ0v) is 12.3. The van der Waals surface area contributed by atoms with Gasteiger partial charge in [0.2, 0.25) is 0 Å². The molecular formula is C16H22FNO3. The van der Waals surface area contributed by atoms with E-state index in [2.05, 4.69) is 5.32 Å². The number of halogens is 1. The van der Waals surface area contributed by atoms with Gasteiger partial charge in [-0.15, -0.1) is 0 Å². The molecule has 0 radical (unpaired) electrons. The average molecular weight is 295 g/mol. The van der Waals surface area contributed by atoms with Gasteiger partial charge >= 0.3 is 0 Å². The van der Waals surface area contributed by atoms with Crippen molar-refractivity contribution in [1.82, 2.24) is 5.32 Å². The number of unbranched alkanes of at least 4 members (excludes halogenated alkanes) is 3. The van der Waals surface area contributed by atoms with Gasteiger partial charge in [0, 0.05) is 12.2 Å². The van der Waals surface area contributed by atoms with Crippen molar-refractivity contribution < 1.29 is 19.1 Å². The van der Waals surface area contributed by atoms with Crippen molar-refractivity contribution in [2.24, 2.45) is 0 Å². The molecule has 1 unspecified atom stereocenters. The minimum atomic E-state index is -0.517. The minimum Gasteiger partial charge on any atom is -0.396 e. The Morgan fingerprint density at radius 3 is 2.33 bits per heavy atom. The molecule has 1 atom stereocenters. The first-order chi connectivity index (χ1) is 10.0. The van der Waals surface area contributed by atoms with Crippen molar-refractivity contribution in [1.29, 1.82) is 0 Å². The van der Waals surface area contributed by atoms with E-state index >= 15 is 0 Å². The van der Waals surface area contributed by atoms with Crippen molar-refractivity contribution in [3.63, 3.8) is 0 Å². The van der Waals surface area contributed by atoms with Gasteiger partial charge in [-0.3, -0.25) is 9.59 Å². The molecule has 0 aliphatic carbocycles. The molecular weight excluding hydrogens is 273 g/mol. The van der Waals surface area contributed by atoms with Crippen LogP contribution in [0.5, 0.6) is 0 Å². The van der Waals surface area contributed by atoms with Crippen LogP contribution in [0, 0.1) is 5.82 Å². The van der Waals surface area contributed by atoms with Crippen LogP contribution in [0.25, 0.3) is 0 Å². The first-order valence-corrected chi connectivity index (χ1v) is 7.22. The van der Waals surface area contributed by atoms with Gasteiger partial charge in [0.1, 0.15) is 5.82 Å². The van der Waals surface area contributed by atoms with Crippen LogP contribution in [0.15, 0.2) is 24.3 Å². The van der Waals surface area contributed by atoms with E-state index in [1.807, 2.05) is 0 Å². The van der Waals surface area contributed by atoms with E-state index in [0.29, 0.717) is 12.0 Å². The lowest BCUT2D eigenvalue weighted by Gasteiger charge is -2.16. The summed E-state index contributed by atoms with van der Waals surface area (Å²) in [5, 5.41) is 11.4. The Balaban J connectivity index is 2.48. The largest absolute Gasteiger partial charge is 0.396 e. The third-order valence-corrected chi connectivity index (χ3v) is 3.30. The molecule has 0 aromatic heterocycles. The molecule has 1 aromatic carbocycles. The molecule has 5 heteroatoms. The van der Waals surface area contributed by atoms with Gasteiger partial charge in [0.05, 0.1) is 6.04 Å². The highest BCUT2D eigenvalue weighted by Crippen LogP contribution is 2.08. The molecule has 1 rings (SSSR count). The standard InChI is InChI=1S/C16H22FNO3/c1-12(20)15(6-4-2-3-5-11-19)18-16(21)13-7-9-14(17)10-8-13/h7-10,15,19H,2-6,11H2,1H3,(H,18,21). The van der Waals surface area contributed by atoms with E-state index in [4.69, 9.17) is 5.11 Å². The predicted molar refractivity (Wildman–Crippen MR) is 78.5 cm³/mol. The normalized spacial score (nSPS) is 12.0. The molecule has 1 aromatic rings. The number of nitrogens with one attached hydrogen (secondary N) is 1. The molecule has 1 amide bonds. The lowest BCUT2D eigenvalue weighted by atomic mass is 10.0. The van der Waals surface area contributed by atoms with Gasteiger partial charge < -0.3 is 10.4 Å². The Morgan fingerprint density at radius 2 is 1.76 bits per heavy atom. The van der Waals surface area contributed by atoms with Crippen LogP contribution in [0.1, 0.15) is 49.4 Å². The number of benzene rings is 1. The molecule has 2 N–H and O–H groups in total. The summed E-state index contributed by atoms with van der Waals surface area (Å²) in [4.78, 5) is 23.6. The highest BCUT2D eigenvalue weighted by molar-refractivity contribution is 5.97. The molecule has 116 valence electrons. The number of hydrogen-bond donors (Lipinski definition) is 2. The molecule has 0 aliphatic rings. The molecule has 21 heavy (non-hydrogen) atoms. The van der Waals surface area contributed by atoms with Crippen molar-refractivity contribution in [2.45, 2.75) is 45.1 Å². The van der Waals surface area contributed by atoms with Crippen molar-refractivity contribution in [2.75, 3.05) is 6.61 Å². The summed E-state index contributed by atoms with van der Waals surface area (Å²) in [6.07, 6.45) is 3.97. The highest BCUT2D eigenvalue weighted by Gasteiger charge is 2.17. The molecule has 0 aliphatic heterocycles. The monoisotopic (exact) mass is 295 g/mol. The number of aliphatic hydroxyl groups excluding tert-OH is 1. The number of Topliss-reactive ketones (excluding diaryl/α,β-unsaturated/α-hetero) is 1. The number of amides is 1. The fourth-order valence-corrected chi connectivity index (χ4v) is 2.03. The second kappa shape index (κ2) is 9.23. The van der Waals surface area contributed by atoms with Crippen LogP contribution < -0.4 is 5.32 Å². The lowest BCUT2D eigenvalue weighted by molar-refractivity contribution is -0.119. The molecule has 0 saturated carbocycles. The van der Waals surface area contributed by atoms with Gasteiger partial charge in [-0.05, 0) is 44.0 Å². The summed E-state index contributed by atoms with van der Waals surface area (Å²) in [6.45, 7) is 1.63. The number of rotatable bonds is 9. The van der Waals surface area contributed by atoms with E-state index in [0.717, 1.165) is 25.7 Å². The Morgan fingerprint density at radius 1 is 1.14 bits per heavy atom. The van der Waals surface area contributed by atoms with Gasteiger partial charge in [-0.2, -0.15) is 0 Å². The minimum absolute atomic E-state index is 0.0902. The first-order valence-electron chi connectivity index (χ1n) is 7.22. The lowest BCUT2D eigenvalue weighted by Crippen LogP contribution is -2.39. The molecule has 0 saturated heterocycles. The maximum Gasteiger partial charge on any atom is 0.251 e. The third kappa shape index (κ3) is 6.49. The predicted octanol–water partition coefficient (Wildman–Crippen LogP) is 2.46. The number of hydrogen-bond acceptors (Lipinski definition) is 3. The van der Waals surface area contributed by atoms with Crippen LogP contribution in [0.3, 0.4) is 0 Å². The van der Waals surface area contributed by atoms with Crippen molar-refractivity contribution >= 4 is 11.7 Å². The topological polar surface area (TPSA) is 66.4 Å². The Hall–Kier alpha value is -1.75. The van der Waals surface area contributed by atoms with Gasteiger partial charge in [0.25, 0.3) is 5.91 Å².